The van der Waals surface area contributed by atoms with E-state index in [9.17, 15) is 4.39 Å². The van der Waals surface area contributed by atoms with Crippen molar-refractivity contribution in [3.05, 3.63) is 24.1 Å². The van der Waals surface area contributed by atoms with Crippen molar-refractivity contribution in [2.75, 3.05) is 18.1 Å². The monoisotopic (exact) mass is 212 g/mol. The minimum atomic E-state index is -0.470. The molecule has 1 aromatic heterocycles. The fourth-order valence-electron chi connectivity index (χ4n) is 1.44. The first-order chi connectivity index (χ1) is 7.15. The van der Waals surface area contributed by atoms with Crippen LogP contribution in [0.25, 0.3) is 0 Å². The smallest absolute Gasteiger partial charge is 0.214 e. The Morgan fingerprint density at radius 2 is 2.20 bits per heavy atom. The molecule has 0 saturated carbocycles. The van der Waals surface area contributed by atoms with E-state index in [0.29, 0.717) is 18.8 Å². The number of aliphatic hydroxyl groups excluding tert-OH is 1. The van der Waals surface area contributed by atoms with Crippen LogP contribution < -0.4 is 4.90 Å². The van der Waals surface area contributed by atoms with E-state index in [1.807, 2.05) is 18.7 Å². The van der Waals surface area contributed by atoms with Crippen LogP contribution in [0.5, 0.6) is 0 Å². The third-order valence-corrected chi connectivity index (χ3v) is 2.18. The van der Waals surface area contributed by atoms with Gasteiger partial charge in [0.25, 0.3) is 0 Å². The number of aromatic nitrogens is 1. The molecule has 0 fully saturated rings. The number of anilines is 1. The van der Waals surface area contributed by atoms with Gasteiger partial charge in [0.15, 0.2) is 0 Å². The van der Waals surface area contributed by atoms with E-state index in [2.05, 4.69) is 4.98 Å². The van der Waals surface area contributed by atoms with Crippen LogP contribution in [0.3, 0.4) is 0 Å². The largest absolute Gasteiger partial charge is 0.396 e. The molecule has 1 N–H and O–H groups in total. The molecule has 4 heteroatoms. The summed E-state index contributed by atoms with van der Waals surface area (Å²) in [6, 6.07) is 4.99. The summed E-state index contributed by atoms with van der Waals surface area (Å²) in [5, 5.41) is 8.78. The SMILES string of the molecule is CC(C)N(CCCO)c1cccc(F)n1. The summed E-state index contributed by atoms with van der Waals surface area (Å²) < 4.78 is 12.9. The molecule has 0 amide bonds. The van der Waals surface area contributed by atoms with Gasteiger partial charge in [0, 0.05) is 19.2 Å². The highest BCUT2D eigenvalue weighted by atomic mass is 19.1. The summed E-state index contributed by atoms with van der Waals surface area (Å²) in [7, 11) is 0. The summed E-state index contributed by atoms with van der Waals surface area (Å²) in [5.41, 5.74) is 0. The molecule has 0 spiro atoms. The van der Waals surface area contributed by atoms with Crippen molar-refractivity contribution in [2.45, 2.75) is 26.3 Å². The quantitative estimate of drug-likeness (QED) is 0.756. The van der Waals surface area contributed by atoms with E-state index in [0.717, 1.165) is 0 Å². The summed E-state index contributed by atoms with van der Waals surface area (Å²) in [5.74, 6) is 0.153. The third kappa shape index (κ3) is 3.47. The van der Waals surface area contributed by atoms with Crippen molar-refractivity contribution >= 4 is 5.82 Å². The van der Waals surface area contributed by atoms with Crippen molar-refractivity contribution < 1.29 is 9.50 Å². The molecule has 0 radical (unpaired) electrons. The van der Waals surface area contributed by atoms with Crippen LogP contribution in [0.15, 0.2) is 18.2 Å². The number of aliphatic hydroxyl groups is 1. The van der Waals surface area contributed by atoms with Gasteiger partial charge in [-0.1, -0.05) is 6.07 Å². The third-order valence-electron chi connectivity index (χ3n) is 2.18. The van der Waals surface area contributed by atoms with Gasteiger partial charge in [0.2, 0.25) is 5.95 Å². The Labute approximate surface area is 89.6 Å². The van der Waals surface area contributed by atoms with Crippen LogP contribution in [-0.2, 0) is 0 Å². The highest BCUT2D eigenvalue weighted by molar-refractivity contribution is 5.38. The predicted octanol–water partition coefficient (Wildman–Crippen LogP) is 1.82. The Bertz CT molecular complexity index is 304. The second kappa shape index (κ2) is 5.66. The molecule has 0 unspecified atom stereocenters. The Hall–Kier alpha value is -1.16. The molecule has 1 rings (SSSR count). The molecule has 3 nitrogen and oxygen atoms in total. The average Bonchev–Trinajstić information content (AvgIpc) is 2.18. The van der Waals surface area contributed by atoms with Crippen molar-refractivity contribution in [1.29, 1.82) is 0 Å². The second-order valence-corrected chi connectivity index (χ2v) is 3.68. The summed E-state index contributed by atoms with van der Waals surface area (Å²) in [6.45, 7) is 4.86. The van der Waals surface area contributed by atoms with Crippen LogP contribution in [0.1, 0.15) is 20.3 Å². The van der Waals surface area contributed by atoms with E-state index in [1.165, 1.54) is 6.07 Å². The number of nitrogens with zero attached hydrogens (tertiary/aromatic N) is 2. The van der Waals surface area contributed by atoms with Crippen molar-refractivity contribution in [1.82, 2.24) is 4.98 Å². The summed E-state index contributed by atoms with van der Waals surface area (Å²) >= 11 is 0. The molecule has 15 heavy (non-hydrogen) atoms. The van der Waals surface area contributed by atoms with Crippen LogP contribution in [0, 0.1) is 5.95 Å². The Morgan fingerprint density at radius 1 is 1.47 bits per heavy atom. The Kier molecular flexibility index (Phi) is 4.49. The Balaban J connectivity index is 2.79. The molecule has 0 bridgehead atoms. The zero-order valence-electron chi connectivity index (χ0n) is 9.15. The molecule has 1 heterocycles. The van der Waals surface area contributed by atoms with Gasteiger partial charge in [-0.2, -0.15) is 4.39 Å². The van der Waals surface area contributed by atoms with E-state index in [-0.39, 0.29) is 12.6 Å². The topological polar surface area (TPSA) is 36.4 Å². The van der Waals surface area contributed by atoms with Crippen molar-refractivity contribution in [3.8, 4) is 0 Å². The van der Waals surface area contributed by atoms with Gasteiger partial charge >= 0.3 is 0 Å². The lowest BCUT2D eigenvalue weighted by Gasteiger charge is -2.27. The lowest BCUT2D eigenvalue weighted by atomic mass is 10.2. The Morgan fingerprint density at radius 3 is 2.73 bits per heavy atom. The molecule has 0 atom stereocenters. The fourth-order valence-corrected chi connectivity index (χ4v) is 1.44. The van der Waals surface area contributed by atoms with Gasteiger partial charge in [-0.15, -0.1) is 0 Å². The molecule has 84 valence electrons. The number of rotatable bonds is 5. The zero-order valence-corrected chi connectivity index (χ0v) is 9.15. The minimum Gasteiger partial charge on any atom is -0.396 e. The normalized spacial score (nSPS) is 10.7. The molecule has 1 aromatic rings. The zero-order chi connectivity index (χ0) is 11.3. The molecule has 0 aliphatic heterocycles. The first-order valence-electron chi connectivity index (χ1n) is 5.15. The standard InChI is InChI=1S/C11H17FN2O/c1-9(2)14(7-4-8-15)11-6-3-5-10(12)13-11/h3,5-6,9,15H,4,7-8H2,1-2H3. The average molecular weight is 212 g/mol. The fraction of sp³-hybridized carbons (Fsp3) is 0.545. The van der Waals surface area contributed by atoms with Crippen molar-refractivity contribution in [2.24, 2.45) is 0 Å². The number of hydrogen-bond donors (Lipinski definition) is 1. The number of pyridine rings is 1. The van der Waals surface area contributed by atoms with Gasteiger partial charge in [-0.05, 0) is 32.4 Å². The predicted molar refractivity (Wildman–Crippen MR) is 58.4 cm³/mol. The van der Waals surface area contributed by atoms with E-state index >= 15 is 0 Å². The molecular formula is C11H17FN2O. The van der Waals surface area contributed by atoms with Crippen molar-refractivity contribution in [3.63, 3.8) is 0 Å². The highest BCUT2D eigenvalue weighted by Crippen LogP contribution is 2.14. The first-order valence-corrected chi connectivity index (χ1v) is 5.15. The summed E-state index contributed by atoms with van der Waals surface area (Å²) in [4.78, 5) is 5.80. The van der Waals surface area contributed by atoms with Crippen LogP contribution in [0.2, 0.25) is 0 Å². The van der Waals surface area contributed by atoms with E-state index < -0.39 is 5.95 Å². The van der Waals surface area contributed by atoms with Gasteiger partial charge in [0.1, 0.15) is 5.82 Å². The van der Waals surface area contributed by atoms with E-state index in [4.69, 9.17) is 5.11 Å². The first kappa shape index (κ1) is 11.9. The molecule has 0 aliphatic carbocycles. The molecule has 0 saturated heterocycles. The molecular weight excluding hydrogens is 195 g/mol. The maximum absolute atomic E-state index is 12.9. The van der Waals surface area contributed by atoms with Crippen LogP contribution in [-0.4, -0.2) is 29.3 Å². The van der Waals surface area contributed by atoms with Gasteiger partial charge in [-0.25, -0.2) is 4.98 Å². The van der Waals surface area contributed by atoms with Gasteiger partial charge in [-0.3, -0.25) is 0 Å². The van der Waals surface area contributed by atoms with Gasteiger partial charge in [0.05, 0.1) is 0 Å². The molecule has 0 aromatic carbocycles. The second-order valence-electron chi connectivity index (χ2n) is 3.68. The molecule has 0 aliphatic rings. The van der Waals surface area contributed by atoms with Gasteiger partial charge < -0.3 is 10.0 Å². The highest BCUT2D eigenvalue weighted by Gasteiger charge is 2.11. The van der Waals surface area contributed by atoms with E-state index in [1.54, 1.807) is 12.1 Å². The number of hydrogen-bond acceptors (Lipinski definition) is 3. The van der Waals surface area contributed by atoms with Crippen LogP contribution in [0.4, 0.5) is 10.2 Å². The lowest BCUT2D eigenvalue weighted by Crippen LogP contribution is -2.33. The lowest BCUT2D eigenvalue weighted by molar-refractivity contribution is 0.288. The summed E-state index contributed by atoms with van der Waals surface area (Å²) in [6.07, 6.45) is 0.663. The maximum Gasteiger partial charge on any atom is 0.214 e. The maximum atomic E-state index is 12.9. The minimum absolute atomic E-state index is 0.137. The van der Waals surface area contributed by atoms with Crippen LogP contribution >= 0.6 is 0 Å². The number of halogens is 1.